The first-order valence-corrected chi connectivity index (χ1v) is 12.0. The summed E-state index contributed by atoms with van der Waals surface area (Å²) in [5, 5.41) is 10.2. The molecule has 0 saturated carbocycles. The highest BCUT2D eigenvalue weighted by Gasteiger charge is 2.46. The second kappa shape index (κ2) is 10.1. The molecule has 2 atom stereocenters. The maximum atomic E-state index is 12.8. The Labute approximate surface area is 209 Å². The Hall–Kier alpha value is -3.78. The van der Waals surface area contributed by atoms with Gasteiger partial charge in [-0.15, -0.1) is 0 Å². The first-order chi connectivity index (χ1) is 17.5. The van der Waals surface area contributed by atoms with Gasteiger partial charge in [-0.05, 0) is 23.6 Å². The first kappa shape index (κ1) is 23.9. The van der Waals surface area contributed by atoms with Gasteiger partial charge >= 0.3 is 5.69 Å². The van der Waals surface area contributed by atoms with E-state index in [2.05, 4.69) is 46.3 Å². The zero-order chi connectivity index (χ0) is 25.1. The van der Waals surface area contributed by atoms with Crippen LogP contribution in [0.25, 0.3) is 0 Å². The Bertz CT molecular complexity index is 1320. The zero-order valence-corrected chi connectivity index (χ0v) is 20.1. The maximum absolute atomic E-state index is 12.8. The van der Waals surface area contributed by atoms with Crippen LogP contribution in [0.15, 0.2) is 107 Å². The lowest BCUT2D eigenvalue weighted by atomic mass is 9.75. The van der Waals surface area contributed by atoms with Gasteiger partial charge in [0.15, 0.2) is 6.23 Å². The highest BCUT2D eigenvalue weighted by atomic mass is 16.5. The van der Waals surface area contributed by atoms with E-state index < -0.39 is 29.1 Å². The van der Waals surface area contributed by atoms with Crippen molar-refractivity contribution in [1.29, 1.82) is 0 Å². The standard InChI is InChI=1S/C29H29N3O4/c1-21-17-32(28(35)30-27(21)34)26-19-31(18-25(20-33)36-26)29(22-11-5-2-6-12-22,23-13-7-3-8-14-23)24-15-9-4-10-16-24/h2-17,25-26,33H,18-20H2,1H3,(H,30,34,35). The van der Waals surface area contributed by atoms with E-state index in [4.69, 9.17) is 4.74 Å². The topological polar surface area (TPSA) is 87.6 Å². The minimum Gasteiger partial charge on any atom is -0.394 e. The highest BCUT2D eigenvalue weighted by molar-refractivity contribution is 5.49. The van der Waals surface area contributed by atoms with Crippen LogP contribution in [0, 0.1) is 6.92 Å². The summed E-state index contributed by atoms with van der Waals surface area (Å²) in [5.74, 6) is 0. The van der Waals surface area contributed by atoms with Gasteiger partial charge < -0.3 is 9.84 Å². The lowest BCUT2D eigenvalue weighted by Gasteiger charge is -2.50. The number of morpholine rings is 1. The van der Waals surface area contributed by atoms with Gasteiger partial charge in [0, 0.05) is 24.8 Å². The molecule has 2 heterocycles. The molecule has 1 aliphatic heterocycles. The predicted octanol–water partition coefficient (Wildman–Crippen LogP) is 3.03. The summed E-state index contributed by atoms with van der Waals surface area (Å²) >= 11 is 0. The van der Waals surface area contributed by atoms with Crippen LogP contribution in [0.4, 0.5) is 0 Å². The molecule has 4 aromatic rings. The summed E-state index contributed by atoms with van der Waals surface area (Å²) in [6, 6.07) is 30.7. The van der Waals surface area contributed by atoms with Crippen molar-refractivity contribution in [3.63, 3.8) is 0 Å². The molecule has 7 nitrogen and oxygen atoms in total. The summed E-state index contributed by atoms with van der Waals surface area (Å²) < 4.78 is 7.59. The molecule has 1 aromatic heterocycles. The normalized spacial score (nSPS) is 18.7. The molecule has 0 spiro atoms. The van der Waals surface area contributed by atoms with Crippen molar-refractivity contribution in [2.24, 2.45) is 0 Å². The Kier molecular flexibility index (Phi) is 6.69. The third-order valence-corrected chi connectivity index (χ3v) is 6.86. The van der Waals surface area contributed by atoms with E-state index in [1.165, 1.54) is 10.8 Å². The minimum absolute atomic E-state index is 0.210. The average molecular weight is 484 g/mol. The van der Waals surface area contributed by atoms with Gasteiger partial charge in [-0.1, -0.05) is 91.0 Å². The molecule has 7 heteroatoms. The third-order valence-electron chi connectivity index (χ3n) is 6.86. The molecule has 0 radical (unpaired) electrons. The molecule has 1 fully saturated rings. The summed E-state index contributed by atoms with van der Waals surface area (Å²) in [6.07, 6.45) is 0.270. The number of nitrogens with zero attached hydrogens (tertiary/aromatic N) is 2. The number of benzene rings is 3. The number of hydrogen-bond donors (Lipinski definition) is 2. The molecule has 0 bridgehead atoms. The van der Waals surface area contributed by atoms with Gasteiger partial charge in [0.05, 0.1) is 18.2 Å². The van der Waals surface area contributed by atoms with E-state index in [-0.39, 0.29) is 6.61 Å². The van der Waals surface area contributed by atoms with Crippen molar-refractivity contribution in [1.82, 2.24) is 14.5 Å². The zero-order valence-electron chi connectivity index (χ0n) is 20.1. The number of aromatic amines is 1. The Morgan fingerprint density at radius 3 is 1.83 bits per heavy atom. The van der Waals surface area contributed by atoms with Gasteiger partial charge in [-0.25, -0.2) is 4.79 Å². The van der Waals surface area contributed by atoms with Crippen molar-refractivity contribution in [3.8, 4) is 0 Å². The number of aromatic nitrogens is 2. The van der Waals surface area contributed by atoms with E-state index >= 15 is 0 Å². The number of nitrogens with one attached hydrogen (secondary N) is 1. The predicted molar refractivity (Wildman–Crippen MR) is 138 cm³/mol. The fourth-order valence-corrected chi connectivity index (χ4v) is 5.23. The highest BCUT2D eigenvalue weighted by Crippen LogP contribution is 2.44. The summed E-state index contributed by atoms with van der Waals surface area (Å²) in [5.41, 5.74) is 1.91. The van der Waals surface area contributed by atoms with Crippen molar-refractivity contribution in [2.75, 3.05) is 19.7 Å². The molecule has 1 saturated heterocycles. The number of aliphatic hydroxyl groups is 1. The van der Waals surface area contributed by atoms with E-state index in [9.17, 15) is 14.7 Å². The molecule has 184 valence electrons. The second-order valence-corrected chi connectivity index (χ2v) is 9.09. The van der Waals surface area contributed by atoms with E-state index in [0.717, 1.165) is 16.7 Å². The number of aliphatic hydroxyl groups excluding tert-OH is 1. The van der Waals surface area contributed by atoms with Crippen molar-refractivity contribution in [3.05, 3.63) is 140 Å². The van der Waals surface area contributed by atoms with Crippen LogP contribution >= 0.6 is 0 Å². The first-order valence-electron chi connectivity index (χ1n) is 12.0. The molecule has 3 aromatic carbocycles. The van der Waals surface area contributed by atoms with Crippen LogP contribution in [0.2, 0.25) is 0 Å². The van der Waals surface area contributed by atoms with E-state index in [1.807, 2.05) is 54.6 Å². The van der Waals surface area contributed by atoms with Crippen LogP contribution in [0.5, 0.6) is 0 Å². The molecular weight excluding hydrogens is 454 g/mol. The lowest BCUT2D eigenvalue weighted by molar-refractivity contribution is -0.151. The fourth-order valence-electron chi connectivity index (χ4n) is 5.23. The smallest absolute Gasteiger partial charge is 0.330 e. The Morgan fingerprint density at radius 1 is 0.861 bits per heavy atom. The van der Waals surface area contributed by atoms with Crippen LogP contribution in [-0.2, 0) is 10.3 Å². The molecule has 2 N–H and O–H groups in total. The number of hydrogen-bond acceptors (Lipinski definition) is 5. The number of H-pyrrole nitrogens is 1. The largest absolute Gasteiger partial charge is 0.394 e. The van der Waals surface area contributed by atoms with Gasteiger partial charge in [-0.2, -0.15) is 0 Å². The molecular formula is C29H29N3O4. The van der Waals surface area contributed by atoms with Crippen molar-refractivity contribution < 1.29 is 9.84 Å². The summed E-state index contributed by atoms with van der Waals surface area (Å²) in [7, 11) is 0. The quantitative estimate of drug-likeness (QED) is 0.412. The second-order valence-electron chi connectivity index (χ2n) is 9.09. The van der Waals surface area contributed by atoms with Crippen LogP contribution in [0.3, 0.4) is 0 Å². The van der Waals surface area contributed by atoms with Gasteiger partial charge in [0.2, 0.25) is 0 Å². The van der Waals surface area contributed by atoms with Crippen molar-refractivity contribution >= 4 is 0 Å². The van der Waals surface area contributed by atoms with Crippen LogP contribution < -0.4 is 11.2 Å². The summed E-state index contributed by atoms with van der Waals surface area (Å²) in [4.78, 5) is 29.5. The molecule has 0 amide bonds. The number of rotatable bonds is 6. The average Bonchev–Trinajstić information content (AvgIpc) is 2.93. The van der Waals surface area contributed by atoms with Crippen LogP contribution in [0.1, 0.15) is 28.5 Å². The monoisotopic (exact) mass is 483 g/mol. The lowest BCUT2D eigenvalue weighted by Crippen LogP contribution is -2.58. The Morgan fingerprint density at radius 2 is 1.36 bits per heavy atom. The van der Waals surface area contributed by atoms with Crippen LogP contribution in [-0.4, -0.2) is 45.4 Å². The van der Waals surface area contributed by atoms with Gasteiger partial charge in [0.25, 0.3) is 5.56 Å². The van der Waals surface area contributed by atoms with E-state index in [1.54, 1.807) is 6.92 Å². The van der Waals surface area contributed by atoms with Gasteiger partial charge in [-0.3, -0.25) is 19.2 Å². The number of aryl methyl sites for hydroxylation is 1. The third kappa shape index (κ3) is 4.22. The minimum atomic E-state index is -0.722. The molecule has 0 aliphatic carbocycles. The molecule has 2 unspecified atom stereocenters. The Balaban J connectivity index is 1.74. The SMILES string of the molecule is Cc1cn(C2CN(C(c3ccccc3)(c3ccccc3)c3ccccc3)CC(CO)O2)c(=O)[nH]c1=O. The number of ether oxygens (including phenoxy) is 1. The van der Waals surface area contributed by atoms with E-state index in [0.29, 0.717) is 18.7 Å². The van der Waals surface area contributed by atoms with Gasteiger partial charge in [0.1, 0.15) is 0 Å². The maximum Gasteiger partial charge on any atom is 0.330 e. The molecule has 5 rings (SSSR count). The molecule has 1 aliphatic rings. The molecule has 36 heavy (non-hydrogen) atoms. The summed E-state index contributed by atoms with van der Waals surface area (Å²) in [6.45, 7) is 2.23. The van der Waals surface area contributed by atoms with Crippen molar-refractivity contribution in [2.45, 2.75) is 24.8 Å². The fraction of sp³-hybridized carbons (Fsp3) is 0.241.